The van der Waals surface area contributed by atoms with Crippen LogP contribution in [-0.4, -0.2) is 12.7 Å². The predicted octanol–water partition coefficient (Wildman–Crippen LogP) is 4.36. The molecule has 3 rings (SSSR count). The zero-order valence-electron chi connectivity index (χ0n) is 12.6. The highest BCUT2D eigenvalue weighted by Crippen LogP contribution is 2.28. The molecule has 0 aliphatic carbocycles. The number of hydrogen-bond donors (Lipinski definition) is 0. The molecule has 0 bridgehead atoms. The standard InChI is InChI=1S/C16H17NO3S3/c1-2-14-5-6-16(22-14)23(18,19)17(10-13-7-8-20-12-13)11-15-4-3-9-21-15/h3-9,12H,2,10-11H2,1H3. The first kappa shape index (κ1) is 16.4. The van der Waals surface area contributed by atoms with E-state index in [1.807, 2.05) is 30.5 Å². The van der Waals surface area contributed by atoms with Crippen LogP contribution in [0.25, 0.3) is 0 Å². The highest BCUT2D eigenvalue weighted by molar-refractivity contribution is 7.91. The lowest BCUT2D eigenvalue weighted by atomic mass is 10.3. The molecular weight excluding hydrogens is 350 g/mol. The maximum absolute atomic E-state index is 13.0. The molecule has 0 N–H and O–H groups in total. The number of aryl methyl sites for hydroxylation is 1. The molecular formula is C16H17NO3S3. The third kappa shape index (κ3) is 3.74. The summed E-state index contributed by atoms with van der Waals surface area (Å²) in [5, 5.41) is 1.96. The van der Waals surface area contributed by atoms with Crippen LogP contribution in [0.5, 0.6) is 0 Å². The molecule has 3 heterocycles. The Kier molecular flexibility index (Phi) is 5.01. The van der Waals surface area contributed by atoms with E-state index in [-0.39, 0.29) is 0 Å². The smallest absolute Gasteiger partial charge is 0.253 e. The van der Waals surface area contributed by atoms with Crippen LogP contribution in [0.1, 0.15) is 22.2 Å². The normalized spacial score (nSPS) is 12.1. The van der Waals surface area contributed by atoms with E-state index in [1.54, 1.807) is 36.0 Å². The van der Waals surface area contributed by atoms with Crippen LogP contribution in [0.3, 0.4) is 0 Å². The molecule has 0 saturated heterocycles. The summed E-state index contributed by atoms with van der Waals surface area (Å²) in [5.74, 6) is 0. The Morgan fingerprint density at radius 2 is 2.00 bits per heavy atom. The quantitative estimate of drug-likeness (QED) is 0.623. The summed E-state index contributed by atoms with van der Waals surface area (Å²) < 4.78 is 33.0. The van der Waals surface area contributed by atoms with Gasteiger partial charge in [-0.3, -0.25) is 0 Å². The third-order valence-electron chi connectivity index (χ3n) is 3.43. The number of rotatable bonds is 7. The molecule has 0 amide bonds. The van der Waals surface area contributed by atoms with Gasteiger partial charge in [-0.1, -0.05) is 13.0 Å². The van der Waals surface area contributed by atoms with Gasteiger partial charge in [-0.15, -0.1) is 22.7 Å². The van der Waals surface area contributed by atoms with Crippen molar-refractivity contribution in [2.24, 2.45) is 0 Å². The van der Waals surface area contributed by atoms with Crippen molar-refractivity contribution in [2.75, 3.05) is 0 Å². The molecule has 0 aliphatic heterocycles. The van der Waals surface area contributed by atoms with Crippen molar-refractivity contribution < 1.29 is 12.8 Å². The van der Waals surface area contributed by atoms with Crippen molar-refractivity contribution >= 4 is 32.7 Å². The molecule has 4 nitrogen and oxygen atoms in total. The molecule has 3 aromatic rings. The van der Waals surface area contributed by atoms with Crippen LogP contribution >= 0.6 is 22.7 Å². The van der Waals surface area contributed by atoms with Crippen LogP contribution in [0.15, 0.2) is 56.9 Å². The van der Waals surface area contributed by atoms with E-state index in [4.69, 9.17) is 4.42 Å². The van der Waals surface area contributed by atoms with Gasteiger partial charge >= 0.3 is 0 Å². The molecule has 0 radical (unpaired) electrons. The molecule has 3 aromatic heterocycles. The first-order valence-electron chi connectivity index (χ1n) is 7.22. The van der Waals surface area contributed by atoms with E-state index in [9.17, 15) is 8.42 Å². The zero-order valence-corrected chi connectivity index (χ0v) is 15.1. The van der Waals surface area contributed by atoms with E-state index in [1.165, 1.54) is 15.6 Å². The largest absolute Gasteiger partial charge is 0.472 e. The Hall–Kier alpha value is -1.41. The first-order chi connectivity index (χ1) is 11.1. The van der Waals surface area contributed by atoms with Gasteiger partial charge in [0.05, 0.1) is 12.5 Å². The summed E-state index contributed by atoms with van der Waals surface area (Å²) in [4.78, 5) is 2.09. The molecule has 122 valence electrons. The average Bonchev–Trinajstić information content (AvgIpc) is 3.29. The van der Waals surface area contributed by atoms with Crippen molar-refractivity contribution in [2.45, 2.75) is 30.6 Å². The highest BCUT2D eigenvalue weighted by Gasteiger charge is 2.27. The summed E-state index contributed by atoms with van der Waals surface area (Å²) in [5.41, 5.74) is 0.845. The van der Waals surface area contributed by atoms with E-state index in [0.29, 0.717) is 17.3 Å². The van der Waals surface area contributed by atoms with Gasteiger partial charge in [-0.2, -0.15) is 4.31 Å². The third-order valence-corrected chi connectivity index (χ3v) is 7.78. The van der Waals surface area contributed by atoms with E-state index in [0.717, 1.165) is 21.7 Å². The summed E-state index contributed by atoms with van der Waals surface area (Å²) in [6.07, 6.45) is 3.99. The van der Waals surface area contributed by atoms with Crippen LogP contribution in [0, 0.1) is 0 Å². The highest BCUT2D eigenvalue weighted by atomic mass is 32.2. The number of furan rings is 1. The fourth-order valence-electron chi connectivity index (χ4n) is 2.20. The fraction of sp³-hybridized carbons (Fsp3) is 0.250. The van der Waals surface area contributed by atoms with Gasteiger partial charge in [-0.05, 0) is 36.1 Å². The molecule has 0 saturated carbocycles. The van der Waals surface area contributed by atoms with Crippen LogP contribution in [0.2, 0.25) is 0 Å². The molecule has 0 fully saturated rings. The van der Waals surface area contributed by atoms with Gasteiger partial charge in [0, 0.05) is 28.4 Å². The van der Waals surface area contributed by atoms with Gasteiger partial charge in [0.1, 0.15) is 4.21 Å². The van der Waals surface area contributed by atoms with Gasteiger partial charge < -0.3 is 4.42 Å². The Morgan fingerprint density at radius 3 is 2.61 bits per heavy atom. The molecule has 0 aliphatic rings. The number of sulfonamides is 1. The summed E-state index contributed by atoms with van der Waals surface area (Å²) in [6.45, 7) is 2.69. The van der Waals surface area contributed by atoms with Crippen molar-refractivity contribution in [1.82, 2.24) is 4.31 Å². The molecule has 0 unspecified atom stereocenters. The molecule has 7 heteroatoms. The first-order valence-corrected chi connectivity index (χ1v) is 10.4. The lowest BCUT2D eigenvalue weighted by Gasteiger charge is -2.20. The SMILES string of the molecule is CCc1ccc(S(=O)(=O)N(Cc2ccoc2)Cc2cccs2)s1. The minimum Gasteiger partial charge on any atom is -0.472 e. The minimum atomic E-state index is -3.53. The molecule has 0 spiro atoms. The van der Waals surface area contributed by atoms with E-state index in [2.05, 4.69) is 0 Å². The Balaban J connectivity index is 1.92. The van der Waals surface area contributed by atoms with Gasteiger partial charge in [0.25, 0.3) is 10.0 Å². The number of hydrogen-bond acceptors (Lipinski definition) is 5. The van der Waals surface area contributed by atoms with E-state index < -0.39 is 10.0 Å². The summed E-state index contributed by atoms with van der Waals surface area (Å²) >= 11 is 2.90. The fourth-order valence-corrected chi connectivity index (χ4v) is 5.86. The molecule has 0 aromatic carbocycles. The maximum Gasteiger partial charge on any atom is 0.253 e. The average molecular weight is 368 g/mol. The second kappa shape index (κ2) is 7.00. The Labute approximate surface area is 144 Å². The minimum absolute atomic E-state index is 0.302. The maximum atomic E-state index is 13.0. The monoisotopic (exact) mass is 367 g/mol. The topological polar surface area (TPSA) is 50.5 Å². The van der Waals surface area contributed by atoms with Crippen molar-refractivity contribution in [3.8, 4) is 0 Å². The lowest BCUT2D eigenvalue weighted by molar-refractivity contribution is 0.403. The number of thiophene rings is 2. The zero-order chi connectivity index (χ0) is 16.3. The number of nitrogens with zero attached hydrogens (tertiary/aromatic N) is 1. The van der Waals surface area contributed by atoms with Crippen molar-refractivity contribution in [1.29, 1.82) is 0 Å². The van der Waals surface area contributed by atoms with Crippen LogP contribution in [-0.2, 0) is 29.5 Å². The molecule has 0 atom stereocenters. The Morgan fingerprint density at radius 1 is 1.13 bits per heavy atom. The van der Waals surface area contributed by atoms with E-state index >= 15 is 0 Å². The lowest BCUT2D eigenvalue weighted by Crippen LogP contribution is -2.29. The van der Waals surface area contributed by atoms with Gasteiger partial charge in [-0.25, -0.2) is 8.42 Å². The van der Waals surface area contributed by atoms with Crippen molar-refractivity contribution in [3.05, 3.63) is 63.6 Å². The van der Waals surface area contributed by atoms with Crippen LogP contribution in [0.4, 0.5) is 0 Å². The second-order valence-electron chi connectivity index (χ2n) is 5.06. The van der Waals surface area contributed by atoms with Crippen LogP contribution < -0.4 is 0 Å². The second-order valence-corrected chi connectivity index (χ2v) is 9.42. The Bertz CT molecular complexity index is 797. The summed E-state index contributed by atoms with van der Waals surface area (Å²) in [7, 11) is -3.53. The summed E-state index contributed by atoms with van der Waals surface area (Å²) in [6, 6.07) is 9.27. The molecule has 23 heavy (non-hydrogen) atoms. The van der Waals surface area contributed by atoms with Gasteiger partial charge in [0.2, 0.25) is 0 Å². The van der Waals surface area contributed by atoms with Crippen molar-refractivity contribution in [3.63, 3.8) is 0 Å². The van der Waals surface area contributed by atoms with Gasteiger partial charge in [0.15, 0.2) is 0 Å². The predicted molar refractivity (Wildman–Crippen MR) is 93.2 cm³/mol.